The predicted molar refractivity (Wildman–Crippen MR) is 122 cm³/mol. The van der Waals surface area contributed by atoms with Gasteiger partial charge < -0.3 is 20.3 Å². The molecule has 28 heavy (non-hydrogen) atoms. The van der Waals surface area contributed by atoms with Crippen molar-refractivity contribution in [3.63, 3.8) is 0 Å². The first-order valence-corrected chi connectivity index (χ1v) is 9.54. The molecule has 1 aromatic carbocycles. The normalized spacial score (nSPS) is 13.9. The van der Waals surface area contributed by atoms with Crippen LogP contribution < -0.4 is 15.5 Å². The van der Waals surface area contributed by atoms with E-state index < -0.39 is 0 Å². The van der Waals surface area contributed by atoms with Crippen molar-refractivity contribution in [1.82, 2.24) is 10.6 Å². The van der Waals surface area contributed by atoms with E-state index in [4.69, 9.17) is 0 Å². The predicted octanol–water partition coefficient (Wildman–Crippen LogP) is 2.83. The SMILES string of the molecule is CN=C(NCCCCCC(=O)OC)NCc1ccc(N2CCCC2=O)cc1.I. The van der Waals surface area contributed by atoms with Crippen LogP contribution in [0.3, 0.4) is 0 Å². The Hall–Kier alpha value is -1.84. The molecule has 156 valence electrons. The number of nitrogens with one attached hydrogen (secondary N) is 2. The van der Waals surface area contributed by atoms with Gasteiger partial charge in [-0.3, -0.25) is 14.6 Å². The summed E-state index contributed by atoms with van der Waals surface area (Å²) < 4.78 is 4.62. The lowest BCUT2D eigenvalue weighted by molar-refractivity contribution is -0.140. The van der Waals surface area contributed by atoms with Crippen LogP contribution in [-0.2, 0) is 20.9 Å². The topological polar surface area (TPSA) is 83.0 Å². The van der Waals surface area contributed by atoms with E-state index in [2.05, 4.69) is 20.4 Å². The van der Waals surface area contributed by atoms with Crippen molar-refractivity contribution in [2.24, 2.45) is 4.99 Å². The van der Waals surface area contributed by atoms with Crippen molar-refractivity contribution in [3.8, 4) is 0 Å². The molecule has 0 atom stereocenters. The molecule has 0 aromatic heterocycles. The summed E-state index contributed by atoms with van der Waals surface area (Å²) >= 11 is 0. The Labute approximate surface area is 184 Å². The van der Waals surface area contributed by atoms with E-state index in [0.717, 1.165) is 56.0 Å². The summed E-state index contributed by atoms with van der Waals surface area (Å²) in [5, 5.41) is 6.56. The van der Waals surface area contributed by atoms with Crippen LogP contribution in [-0.4, -0.2) is 45.1 Å². The molecule has 1 saturated heterocycles. The van der Waals surface area contributed by atoms with E-state index in [1.54, 1.807) is 7.05 Å². The first-order chi connectivity index (χ1) is 13.1. The molecular weight excluding hydrogens is 471 g/mol. The van der Waals surface area contributed by atoms with Gasteiger partial charge in [0.15, 0.2) is 5.96 Å². The minimum atomic E-state index is -0.152. The second-order valence-corrected chi connectivity index (χ2v) is 6.55. The van der Waals surface area contributed by atoms with Crippen molar-refractivity contribution >= 4 is 47.5 Å². The average molecular weight is 502 g/mol. The van der Waals surface area contributed by atoms with Crippen LogP contribution in [0.4, 0.5) is 5.69 Å². The molecule has 8 heteroatoms. The maximum Gasteiger partial charge on any atom is 0.305 e. The lowest BCUT2D eigenvalue weighted by Crippen LogP contribution is -2.37. The quantitative estimate of drug-likeness (QED) is 0.179. The zero-order chi connectivity index (χ0) is 19.5. The summed E-state index contributed by atoms with van der Waals surface area (Å²) in [5.74, 6) is 0.805. The van der Waals surface area contributed by atoms with E-state index in [9.17, 15) is 9.59 Å². The Bertz CT molecular complexity index is 649. The van der Waals surface area contributed by atoms with Crippen LogP contribution in [0.2, 0.25) is 0 Å². The number of hydrogen-bond acceptors (Lipinski definition) is 4. The molecule has 0 saturated carbocycles. The Kier molecular flexibility index (Phi) is 11.5. The number of ether oxygens (including phenoxy) is 1. The first-order valence-electron chi connectivity index (χ1n) is 9.54. The van der Waals surface area contributed by atoms with Gasteiger partial charge in [-0.1, -0.05) is 18.6 Å². The first kappa shape index (κ1) is 24.2. The zero-order valence-corrected chi connectivity index (χ0v) is 19.0. The summed E-state index contributed by atoms with van der Waals surface area (Å²) in [6.45, 7) is 2.28. The minimum Gasteiger partial charge on any atom is -0.469 e. The number of carbonyl (C=O) groups is 2. The van der Waals surface area contributed by atoms with Gasteiger partial charge >= 0.3 is 5.97 Å². The van der Waals surface area contributed by atoms with Gasteiger partial charge in [-0.15, -0.1) is 24.0 Å². The molecular formula is C20H31IN4O3. The highest BCUT2D eigenvalue weighted by Crippen LogP contribution is 2.21. The fourth-order valence-electron chi connectivity index (χ4n) is 3.00. The molecule has 1 heterocycles. The molecule has 0 spiro atoms. The van der Waals surface area contributed by atoms with E-state index in [1.807, 2.05) is 29.2 Å². The number of hydrogen-bond donors (Lipinski definition) is 2. The maximum absolute atomic E-state index is 11.8. The standard InChI is InChI=1S/C20H30N4O3.HI/c1-21-20(22-13-5-3-4-8-19(26)27-2)23-15-16-9-11-17(12-10-16)24-14-6-7-18(24)25;/h9-12H,3-8,13-15H2,1-2H3,(H2,21,22,23);1H. The van der Waals surface area contributed by atoms with Crippen LogP contribution >= 0.6 is 24.0 Å². The monoisotopic (exact) mass is 502 g/mol. The van der Waals surface area contributed by atoms with E-state index in [-0.39, 0.29) is 35.9 Å². The van der Waals surface area contributed by atoms with Crippen molar-refractivity contribution in [2.45, 2.75) is 45.1 Å². The molecule has 1 aliphatic rings. The number of halogens is 1. The van der Waals surface area contributed by atoms with Crippen LogP contribution in [0.1, 0.15) is 44.1 Å². The van der Waals surface area contributed by atoms with Crippen LogP contribution in [0.15, 0.2) is 29.3 Å². The minimum absolute atomic E-state index is 0. The van der Waals surface area contributed by atoms with Crippen molar-refractivity contribution < 1.29 is 14.3 Å². The van der Waals surface area contributed by atoms with E-state index in [0.29, 0.717) is 19.4 Å². The summed E-state index contributed by atoms with van der Waals surface area (Å²) in [4.78, 5) is 28.9. The number of nitrogens with zero attached hydrogens (tertiary/aromatic N) is 2. The van der Waals surface area contributed by atoms with Gasteiger partial charge in [0.05, 0.1) is 7.11 Å². The highest BCUT2D eigenvalue weighted by Gasteiger charge is 2.21. The molecule has 2 rings (SSSR count). The van der Waals surface area contributed by atoms with Gasteiger partial charge in [-0.25, -0.2) is 0 Å². The van der Waals surface area contributed by atoms with Crippen LogP contribution in [0.5, 0.6) is 0 Å². The summed E-state index contributed by atoms with van der Waals surface area (Å²) in [6, 6.07) is 8.07. The van der Waals surface area contributed by atoms with Crippen LogP contribution in [0.25, 0.3) is 0 Å². The number of carbonyl (C=O) groups excluding carboxylic acids is 2. The number of esters is 1. The second kappa shape index (κ2) is 13.4. The van der Waals surface area contributed by atoms with Gasteiger partial charge in [0.1, 0.15) is 0 Å². The molecule has 0 bridgehead atoms. The van der Waals surface area contributed by atoms with Crippen LogP contribution in [0, 0.1) is 0 Å². The lowest BCUT2D eigenvalue weighted by atomic mass is 10.2. The molecule has 1 fully saturated rings. The molecule has 0 aliphatic carbocycles. The van der Waals surface area contributed by atoms with E-state index >= 15 is 0 Å². The molecule has 0 radical (unpaired) electrons. The number of anilines is 1. The second-order valence-electron chi connectivity index (χ2n) is 6.55. The van der Waals surface area contributed by atoms with Crippen molar-refractivity contribution in [3.05, 3.63) is 29.8 Å². The Morgan fingerprint density at radius 2 is 1.93 bits per heavy atom. The van der Waals surface area contributed by atoms with E-state index in [1.165, 1.54) is 7.11 Å². The smallest absolute Gasteiger partial charge is 0.305 e. The average Bonchev–Trinajstić information content (AvgIpc) is 3.12. The van der Waals surface area contributed by atoms with Gasteiger partial charge in [0.25, 0.3) is 0 Å². The third-order valence-electron chi connectivity index (χ3n) is 4.58. The summed E-state index contributed by atoms with van der Waals surface area (Å²) in [6.07, 6.45) is 4.83. The number of guanidine groups is 1. The molecule has 0 unspecified atom stereocenters. The number of methoxy groups -OCH3 is 1. The van der Waals surface area contributed by atoms with Gasteiger partial charge in [-0.05, 0) is 37.0 Å². The molecule has 2 N–H and O–H groups in total. The zero-order valence-electron chi connectivity index (χ0n) is 16.7. The van der Waals surface area contributed by atoms with Gasteiger partial charge in [0, 0.05) is 45.2 Å². The molecule has 1 aliphatic heterocycles. The van der Waals surface area contributed by atoms with Crippen molar-refractivity contribution in [1.29, 1.82) is 0 Å². The Morgan fingerprint density at radius 1 is 1.18 bits per heavy atom. The number of aliphatic imine (C=N–C) groups is 1. The number of benzene rings is 1. The third-order valence-corrected chi connectivity index (χ3v) is 4.58. The molecule has 7 nitrogen and oxygen atoms in total. The highest BCUT2D eigenvalue weighted by molar-refractivity contribution is 14.0. The largest absolute Gasteiger partial charge is 0.469 e. The number of unbranched alkanes of at least 4 members (excludes halogenated alkanes) is 2. The molecule has 1 amide bonds. The van der Waals surface area contributed by atoms with Gasteiger partial charge in [-0.2, -0.15) is 0 Å². The fraction of sp³-hybridized carbons (Fsp3) is 0.550. The highest BCUT2D eigenvalue weighted by atomic mass is 127. The summed E-state index contributed by atoms with van der Waals surface area (Å²) in [5.41, 5.74) is 2.10. The molecule has 1 aromatic rings. The fourth-order valence-corrected chi connectivity index (χ4v) is 3.00. The Balaban J connectivity index is 0.00000392. The van der Waals surface area contributed by atoms with Gasteiger partial charge in [0.2, 0.25) is 5.91 Å². The van der Waals surface area contributed by atoms with Crippen molar-refractivity contribution in [2.75, 3.05) is 32.1 Å². The third kappa shape index (κ3) is 8.04. The Morgan fingerprint density at radius 3 is 2.54 bits per heavy atom. The number of amides is 1. The number of rotatable bonds is 9. The maximum atomic E-state index is 11.8. The lowest BCUT2D eigenvalue weighted by Gasteiger charge is -2.16. The summed E-state index contributed by atoms with van der Waals surface area (Å²) in [7, 11) is 3.16.